The molecule has 8 heteroatoms. The molecule has 1 aromatic heterocycles. The summed E-state index contributed by atoms with van der Waals surface area (Å²) in [6.07, 6.45) is 1.10. The van der Waals surface area contributed by atoms with Crippen molar-refractivity contribution in [2.45, 2.75) is 0 Å². The van der Waals surface area contributed by atoms with Crippen molar-refractivity contribution in [3.05, 3.63) is 40.1 Å². The molecular weight excluding hydrogens is 234 g/mol. The molecule has 0 unspecified atom stereocenters. The average Bonchev–Trinajstić information content (AvgIpc) is 2.64. The molecule has 0 aliphatic heterocycles. The summed E-state index contributed by atoms with van der Waals surface area (Å²) in [6.45, 7) is 0. The number of nitrogens with two attached hydrogens (primary N) is 1. The molecule has 0 amide bonds. The van der Waals surface area contributed by atoms with Gasteiger partial charge in [0.25, 0.3) is 0 Å². The van der Waals surface area contributed by atoms with E-state index in [-0.39, 0.29) is 11.6 Å². The minimum Gasteiger partial charge on any atom is -0.369 e. The fourth-order valence-corrected chi connectivity index (χ4v) is 1.39. The van der Waals surface area contributed by atoms with Crippen LogP contribution in [0, 0.1) is 21.7 Å². The second kappa shape index (κ2) is 3.81. The number of nitrogens with zero attached hydrogens (tertiary/aromatic N) is 2. The lowest BCUT2D eigenvalue weighted by molar-refractivity contribution is -0.387. The number of aromatic nitrogens is 2. The fourth-order valence-electron chi connectivity index (χ4n) is 1.39. The van der Waals surface area contributed by atoms with Crippen LogP contribution in [0.5, 0.6) is 0 Å². The zero-order valence-corrected chi connectivity index (χ0v) is 8.28. The van der Waals surface area contributed by atoms with Crippen LogP contribution < -0.4 is 5.73 Å². The molecule has 3 N–H and O–H groups in total. The summed E-state index contributed by atoms with van der Waals surface area (Å²) >= 11 is 0. The number of nitro benzene ring substituents is 1. The van der Waals surface area contributed by atoms with Gasteiger partial charge in [0.15, 0.2) is 5.95 Å². The molecule has 1 aromatic carbocycles. The number of benzene rings is 1. The third-order valence-corrected chi connectivity index (χ3v) is 2.13. The van der Waals surface area contributed by atoms with Crippen molar-refractivity contribution in [3.8, 4) is 11.3 Å². The lowest BCUT2D eigenvalue weighted by Gasteiger charge is -2.02. The highest BCUT2D eigenvalue weighted by atomic mass is 19.1. The molecule has 1 heterocycles. The van der Waals surface area contributed by atoms with Crippen LogP contribution in [0.1, 0.15) is 0 Å². The summed E-state index contributed by atoms with van der Waals surface area (Å²) in [5, 5.41) is 10.5. The number of nitrogens with one attached hydrogen (secondary N) is 1. The van der Waals surface area contributed by atoms with E-state index < -0.39 is 27.8 Å². The summed E-state index contributed by atoms with van der Waals surface area (Å²) < 4.78 is 27.1. The Morgan fingerprint density at radius 1 is 1.41 bits per heavy atom. The normalized spacial score (nSPS) is 10.5. The maximum absolute atomic E-state index is 13.7. The molecule has 17 heavy (non-hydrogen) atoms. The second-order valence-electron chi connectivity index (χ2n) is 3.19. The van der Waals surface area contributed by atoms with Crippen molar-refractivity contribution in [3.63, 3.8) is 0 Å². The average molecular weight is 240 g/mol. The minimum atomic E-state index is -1.27. The summed E-state index contributed by atoms with van der Waals surface area (Å²) in [6, 6.07) is 1.57. The number of rotatable bonds is 2. The summed E-state index contributed by atoms with van der Waals surface area (Å²) in [5.74, 6) is -2.24. The zero-order chi connectivity index (χ0) is 12.6. The molecule has 2 aromatic rings. The maximum atomic E-state index is 13.7. The van der Waals surface area contributed by atoms with Crippen LogP contribution in [-0.2, 0) is 0 Å². The monoisotopic (exact) mass is 240 g/mol. The van der Waals surface area contributed by atoms with Crippen LogP contribution >= 0.6 is 0 Å². The summed E-state index contributed by atoms with van der Waals surface area (Å²) in [5.41, 5.74) is 3.85. The number of hydrogen-bond acceptors (Lipinski definition) is 4. The van der Waals surface area contributed by atoms with Crippen LogP contribution in [0.15, 0.2) is 18.3 Å². The van der Waals surface area contributed by atoms with Gasteiger partial charge >= 0.3 is 5.69 Å². The number of halogens is 2. The van der Waals surface area contributed by atoms with E-state index >= 15 is 0 Å². The highest BCUT2D eigenvalue weighted by molar-refractivity contribution is 5.65. The molecule has 6 nitrogen and oxygen atoms in total. The predicted octanol–water partition coefficient (Wildman–Crippen LogP) is 1.85. The SMILES string of the molecule is Nc1ncc(-c2c(F)ccc([N+](=O)[O-])c2F)[nH]1. The number of nitrogen functional groups attached to an aromatic ring is 1. The molecule has 88 valence electrons. The molecule has 0 saturated carbocycles. The van der Waals surface area contributed by atoms with E-state index in [1.807, 2.05) is 0 Å². The molecule has 2 rings (SSSR count). The van der Waals surface area contributed by atoms with Crippen LogP contribution in [0.2, 0.25) is 0 Å². The number of imidazole rings is 1. The van der Waals surface area contributed by atoms with Gasteiger partial charge < -0.3 is 10.7 Å². The van der Waals surface area contributed by atoms with Gasteiger partial charge in [0.1, 0.15) is 5.82 Å². The van der Waals surface area contributed by atoms with E-state index in [0.29, 0.717) is 0 Å². The van der Waals surface area contributed by atoms with E-state index in [9.17, 15) is 18.9 Å². The van der Waals surface area contributed by atoms with Gasteiger partial charge in [-0.05, 0) is 6.07 Å². The highest BCUT2D eigenvalue weighted by Crippen LogP contribution is 2.30. The second-order valence-corrected chi connectivity index (χ2v) is 3.19. The smallest absolute Gasteiger partial charge is 0.305 e. The topological polar surface area (TPSA) is 97.8 Å². The van der Waals surface area contributed by atoms with Crippen LogP contribution in [0.3, 0.4) is 0 Å². The van der Waals surface area contributed by atoms with Crippen molar-refractivity contribution >= 4 is 11.6 Å². The molecule has 0 spiro atoms. The Bertz CT molecular complexity index is 597. The number of H-pyrrole nitrogens is 1. The van der Waals surface area contributed by atoms with Crippen LogP contribution in [0.25, 0.3) is 11.3 Å². The first-order valence-electron chi connectivity index (χ1n) is 4.44. The van der Waals surface area contributed by atoms with Gasteiger partial charge in [-0.25, -0.2) is 9.37 Å². The number of nitro groups is 1. The molecule has 0 atom stereocenters. The summed E-state index contributed by atoms with van der Waals surface area (Å²) in [7, 11) is 0. The third kappa shape index (κ3) is 1.80. The molecule has 0 aliphatic rings. The Kier molecular flexibility index (Phi) is 2.47. The van der Waals surface area contributed by atoms with Gasteiger partial charge in [0.2, 0.25) is 5.82 Å². The lowest BCUT2D eigenvalue weighted by Crippen LogP contribution is -1.98. The Morgan fingerprint density at radius 3 is 2.65 bits per heavy atom. The molecule has 0 radical (unpaired) electrons. The van der Waals surface area contributed by atoms with Crippen molar-refractivity contribution in [1.82, 2.24) is 9.97 Å². The van der Waals surface area contributed by atoms with Gasteiger partial charge in [-0.3, -0.25) is 10.1 Å². The lowest BCUT2D eigenvalue weighted by atomic mass is 10.1. The van der Waals surface area contributed by atoms with E-state index in [1.165, 1.54) is 0 Å². The first-order chi connectivity index (χ1) is 8.00. The molecular formula is C9H6F2N4O2. The van der Waals surface area contributed by atoms with Gasteiger partial charge in [-0.2, -0.15) is 4.39 Å². The number of anilines is 1. The molecule has 0 aliphatic carbocycles. The quantitative estimate of drug-likeness (QED) is 0.618. The number of aromatic amines is 1. The fraction of sp³-hybridized carbons (Fsp3) is 0. The van der Waals surface area contributed by atoms with Gasteiger partial charge in [0, 0.05) is 6.07 Å². The Hall–Kier alpha value is -2.51. The van der Waals surface area contributed by atoms with E-state index in [0.717, 1.165) is 18.3 Å². The Labute approximate surface area is 93.2 Å². The van der Waals surface area contributed by atoms with Crippen LogP contribution in [-0.4, -0.2) is 14.9 Å². The Balaban J connectivity index is 2.68. The van der Waals surface area contributed by atoms with Gasteiger partial charge in [0.05, 0.1) is 22.4 Å². The van der Waals surface area contributed by atoms with E-state index in [2.05, 4.69) is 9.97 Å². The first kappa shape index (κ1) is 11.0. The minimum absolute atomic E-state index is 0.0368. The highest BCUT2D eigenvalue weighted by Gasteiger charge is 2.23. The van der Waals surface area contributed by atoms with Crippen LogP contribution in [0.4, 0.5) is 20.4 Å². The van der Waals surface area contributed by atoms with E-state index in [4.69, 9.17) is 5.73 Å². The third-order valence-electron chi connectivity index (χ3n) is 2.13. The number of hydrogen-bond donors (Lipinski definition) is 2. The zero-order valence-electron chi connectivity index (χ0n) is 8.28. The standard InChI is InChI=1S/C9H6F2N4O2/c10-4-1-2-6(15(16)17)8(11)7(4)5-3-13-9(12)14-5/h1-3H,(H3,12,13,14). The Morgan fingerprint density at radius 2 is 2.12 bits per heavy atom. The molecule has 0 fully saturated rings. The maximum Gasteiger partial charge on any atom is 0.305 e. The molecule has 0 saturated heterocycles. The predicted molar refractivity (Wildman–Crippen MR) is 55.0 cm³/mol. The van der Waals surface area contributed by atoms with Crippen molar-refractivity contribution < 1.29 is 13.7 Å². The largest absolute Gasteiger partial charge is 0.369 e. The van der Waals surface area contributed by atoms with Crippen molar-refractivity contribution in [1.29, 1.82) is 0 Å². The summed E-state index contributed by atoms with van der Waals surface area (Å²) in [4.78, 5) is 15.6. The van der Waals surface area contributed by atoms with Crippen molar-refractivity contribution in [2.75, 3.05) is 5.73 Å². The first-order valence-corrected chi connectivity index (χ1v) is 4.44. The van der Waals surface area contributed by atoms with E-state index in [1.54, 1.807) is 0 Å². The van der Waals surface area contributed by atoms with Gasteiger partial charge in [-0.1, -0.05) is 0 Å². The molecule has 0 bridgehead atoms. The van der Waals surface area contributed by atoms with Crippen molar-refractivity contribution in [2.24, 2.45) is 0 Å². The van der Waals surface area contributed by atoms with Gasteiger partial charge in [-0.15, -0.1) is 0 Å².